The average Bonchev–Trinajstić information content (AvgIpc) is 2.37. The zero-order valence-corrected chi connectivity index (χ0v) is 15.2. The third kappa shape index (κ3) is 3.64. The SMILES string of the molecule is Cc1ccc(NS(=O)(=O)c2cc(Br)c(C)cc2Br)c(F)c1. The Bertz CT molecular complexity index is 807. The van der Waals surface area contributed by atoms with Crippen LogP contribution in [0.15, 0.2) is 44.2 Å². The molecule has 21 heavy (non-hydrogen) atoms. The first-order chi connectivity index (χ1) is 9.70. The first-order valence-electron chi connectivity index (χ1n) is 5.95. The molecule has 0 spiro atoms. The van der Waals surface area contributed by atoms with E-state index >= 15 is 0 Å². The predicted octanol–water partition coefficient (Wildman–Crippen LogP) is 4.77. The highest BCUT2D eigenvalue weighted by molar-refractivity contribution is 9.11. The van der Waals surface area contributed by atoms with Gasteiger partial charge in [0.2, 0.25) is 0 Å². The highest BCUT2D eigenvalue weighted by Crippen LogP contribution is 2.30. The van der Waals surface area contributed by atoms with Crippen LogP contribution in [0.1, 0.15) is 11.1 Å². The summed E-state index contributed by atoms with van der Waals surface area (Å²) in [7, 11) is -3.89. The Hall–Kier alpha value is -0.920. The molecule has 0 fully saturated rings. The largest absolute Gasteiger partial charge is 0.277 e. The van der Waals surface area contributed by atoms with E-state index in [-0.39, 0.29) is 10.6 Å². The van der Waals surface area contributed by atoms with Crippen LogP contribution in [0.25, 0.3) is 0 Å². The van der Waals surface area contributed by atoms with Crippen molar-refractivity contribution in [2.24, 2.45) is 0 Å². The van der Waals surface area contributed by atoms with Crippen LogP contribution >= 0.6 is 31.9 Å². The molecular formula is C14H12Br2FNO2S. The van der Waals surface area contributed by atoms with Crippen LogP contribution in [0, 0.1) is 19.7 Å². The average molecular weight is 437 g/mol. The van der Waals surface area contributed by atoms with E-state index in [1.165, 1.54) is 18.2 Å². The van der Waals surface area contributed by atoms with Gasteiger partial charge in [-0.1, -0.05) is 22.0 Å². The Kier molecular flexibility index (Phi) is 4.75. The number of benzene rings is 2. The molecule has 0 heterocycles. The van der Waals surface area contributed by atoms with E-state index in [0.29, 0.717) is 8.95 Å². The molecule has 0 saturated heterocycles. The molecular weight excluding hydrogens is 425 g/mol. The standard InChI is InChI=1S/C14H12Br2FNO2S/c1-8-3-4-13(12(17)5-8)18-21(19,20)14-7-10(15)9(2)6-11(14)16/h3-7,18H,1-2H3. The summed E-state index contributed by atoms with van der Waals surface area (Å²) in [5.74, 6) is -0.610. The number of aryl methyl sites for hydroxylation is 2. The third-order valence-corrected chi connectivity index (χ3v) is 6.05. The molecule has 112 valence electrons. The summed E-state index contributed by atoms with van der Waals surface area (Å²) in [6.07, 6.45) is 0. The van der Waals surface area contributed by atoms with E-state index < -0.39 is 15.8 Å². The van der Waals surface area contributed by atoms with Crippen molar-refractivity contribution in [2.45, 2.75) is 18.7 Å². The molecule has 0 aliphatic carbocycles. The molecule has 0 unspecified atom stereocenters. The van der Waals surface area contributed by atoms with Crippen LogP contribution in [0.4, 0.5) is 10.1 Å². The smallest absolute Gasteiger partial charge is 0.263 e. The molecule has 0 radical (unpaired) electrons. The van der Waals surface area contributed by atoms with Crippen LogP contribution in [0.5, 0.6) is 0 Å². The molecule has 2 rings (SSSR count). The first-order valence-corrected chi connectivity index (χ1v) is 9.02. The second-order valence-corrected chi connectivity index (χ2v) is 7.98. The molecule has 2 aromatic rings. The minimum atomic E-state index is -3.89. The van der Waals surface area contributed by atoms with Gasteiger partial charge in [0, 0.05) is 8.95 Å². The van der Waals surface area contributed by atoms with Crippen molar-refractivity contribution >= 4 is 47.6 Å². The van der Waals surface area contributed by atoms with Gasteiger partial charge in [-0.2, -0.15) is 0 Å². The summed E-state index contributed by atoms with van der Waals surface area (Å²) in [4.78, 5) is 0.0416. The van der Waals surface area contributed by atoms with Gasteiger partial charge in [-0.25, -0.2) is 12.8 Å². The molecule has 2 aromatic carbocycles. The third-order valence-electron chi connectivity index (χ3n) is 2.87. The molecule has 3 nitrogen and oxygen atoms in total. The Balaban J connectivity index is 2.46. The lowest BCUT2D eigenvalue weighted by molar-refractivity contribution is 0.598. The van der Waals surface area contributed by atoms with Crippen molar-refractivity contribution < 1.29 is 12.8 Å². The molecule has 1 N–H and O–H groups in total. The normalized spacial score (nSPS) is 11.5. The summed E-state index contributed by atoms with van der Waals surface area (Å²) in [5, 5.41) is 0. The summed E-state index contributed by atoms with van der Waals surface area (Å²) < 4.78 is 41.9. The molecule has 0 aliphatic heterocycles. The lowest BCUT2D eigenvalue weighted by Crippen LogP contribution is -2.15. The summed E-state index contributed by atoms with van der Waals surface area (Å²) in [6.45, 7) is 3.58. The lowest BCUT2D eigenvalue weighted by atomic mass is 10.2. The van der Waals surface area contributed by atoms with Crippen LogP contribution in [0.3, 0.4) is 0 Å². The van der Waals surface area contributed by atoms with Gasteiger partial charge in [-0.15, -0.1) is 0 Å². The van der Waals surface area contributed by atoms with Gasteiger partial charge in [0.25, 0.3) is 10.0 Å². The predicted molar refractivity (Wildman–Crippen MR) is 88.5 cm³/mol. The quantitative estimate of drug-likeness (QED) is 0.753. The van der Waals surface area contributed by atoms with E-state index in [9.17, 15) is 12.8 Å². The van der Waals surface area contributed by atoms with Crippen molar-refractivity contribution in [1.82, 2.24) is 0 Å². The molecule has 0 aromatic heterocycles. The number of nitrogens with one attached hydrogen (secondary N) is 1. The van der Waals surface area contributed by atoms with Gasteiger partial charge in [-0.3, -0.25) is 4.72 Å². The van der Waals surface area contributed by atoms with Crippen molar-refractivity contribution in [3.05, 3.63) is 56.2 Å². The van der Waals surface area contributed by atoms with Gasteiger partial charge in [0.1, 0.15) is 10.7 Å². The fourth-order valence-electron chi connectivity index (χ4n) is 1.74. The van der Waals surface area contributed by atoms with Crippen molar-refractivity contribution in [3.8, 4) is 0 Å². The van der Waals surface area contributed by atoms with E-state index in [0.717, 1.165) is 11.1 Å². The second kappa shape index (κ2) is 6.06. The number of halogens is 3. The van der Waals surface area contributed by atoms with Gasteiger partial charge < -0.3 is 0 Å². The number of hydrogen-bond acceptors (Lipinski definition) is 2. The molecule has 0 aliphatic rings. The van der Waals surface area contributed by atoms with Gasteiger partial charge in [-0.05, 0) is 65.2 Å². The van der Waals surface area contributed by atoms with Crippen LogP contribution in [-0.2, 0) is 10.0 Å². The number of anilines is 1. The second-order valence-electron chi connectivity index (χ2n) is 4.62. The summed E-state index contributed by atoms with van der Waals surface area (Å²) >= 11 is 6.52. The highest BCUT2D eigenvalue weighted by Gasteiger charge is 2.20. The number of rotatable bonds is 3. The topological polar surface area (TPSA) is 46.2 Å². The molecule has 0 atom stereocenters. The van der Waals surface area contributed by atoms with E-state index in [4.69, 9.17) is 0 Å². The minimum Gasteiger partial charge on any atom is -0.277 e. The molecule has 0 amide bonds. The minimum absolute atomic E-state index is 0.0416. The zero-order valence-electron chi connectivity index (χ0n) is 11.2. The van der Waals surface area contributed by atoms with Gasteiger partial charge >= 0.3 is 0 Å². The van der Waals surface area contributed by atoms with E-state index in [2.05, 4.69) is 36.6 Å². The summed E-state index contributed by atoms with van der Waals surface area (Å²) in [5.41, 5.74) is 1.53. The number of hydrogen-bond donors (Lipinski definition) is 1. The van der Waals surface area contributed by atoms with Crippen molar-refractivity contribution in [1.29, 1.82) is 0 Å². The Morgan fingerprint density at radius 1 is 1.05 bits per heavy atom. The monoisotopic (exact) mass is 435 g/mol. The van der Waals surface area contributed by atoms with Gasteiger partial charge in [0.15, 0.2) is 0 Å². The maximum absolute atomic E-state index is 13.8. The van der Waals surface area contributed by atoms with E-state index in [1.54, 1.807) is 19.1 Å². The first kappa shape index (κ1) is 16.5. The molecule has 0 saturated carbocycles. The van der Waals surface area contributed by atoms with Gasteiger partial charge in [0.05, 0.1) is 5.69 Å². The Morgan fingerprint density at radius 2 is 1.71 bits per heavy atom. The summed E-state index contributed by atoms with van der Waals surface area (Å²) in [6, 6.07) is 7.48. The maximum atomic E-state index is 13.8. The Labute approximate surface area is 139 Å². The lowest BCUT2D eigenvalue weighted by Gasteiger charge is -2.12. The van der Waals surface area contributed by atoms with E-state index in [1.807, 2.05) is 6.92 Å². The molecule has 0 bridgehead atoms. The van der Waals surface area contributed by atoms with Crippen molar-refractivity contribution in [2.75, 3.05) is 4.72 Å². The van der Waals surface area contributed by atoms with Crippen LogP contribution in [-0.4, -0.2) is 8.42 Å². The van der Waals surface area contributed by atoms with Crippen LogP contribution in [0.2, 0.25) is 0 Å². The maximum Gasteiger partial charge on any atom is 0.263 e. The fraction of sp³-hybridized carbons (Fsp3) is 0.143. The number of sulfonamides is 1. The fourth-order valence-corrected chi connectivity index (χ4v) is 4.48. The zero-order chi connectivity index (χ0) is 15.8. The van der Waals surface area contributed by atoms with Crippen molar-refractivity contribution in [3.63, 3.8) is 0 Å². The Morgan fingerprint density at radius 3 is 2.33 bits per heavy atom. The highest BCUT2D eigenvalue weighted by atomic mass is 79.9. The van der Waals surface area contributed by atoms with Crippen LogP contribution < -0.4 is 4.72 Å². The molecule has 7 heteroatoms.